The molecule has 0 saturated carbocycles. The van der Waals surface area contributed by atoms with Crippen LogP contribution >= 0.6 is 0 Å². The Morgan fingerprint density at radius 2 is 2.17 bits per heavy atom. The second-order valence-electron chi connectivity index (χ2n) is 6.07. The van der Waals surface area contributed by atoms with Crippen molar-refractivity contribution in [2.24, 2.45) is 11.8 Å². The lowest BCUT2D eigenvalue weighted by atomic mass is 9.91. The van der Waals surface area contributed by atoms with Gasteiger partial charge in [-0.15, -0.1) is 0 Å². The van der Waals surface area contributed by atoms with Crippen molar-refractivity contribution < 1.29 is 27.4 Å². The fraction of sp³-hybridized carbons (Fsp3) is 0.562. The first-order valence-corrected chi connectivity index (χ1v) is 7.91. The van der Waals surface area contributed by atoms with Crippen molar-refractivity contribution in [3.8, 4) is 5.75 Å². The van der Waals surface area contributed by atoms with Gasteiger partial charge in [0.2, 0.25) is 0 Å². The van der Waals surface area contributed by atoms with Gasteiger partial charge >= 0.3 is 12.6 Å². The van der Waals surface area contributed by atoms with Gasteiger partial charge in [0.05, 0.1) is 5.69 Å². The minimum atomic E-state index is -3.05. The summed E-state index contributed by atoms with van der Waals surface area (Å²) in [4.78, 5) is 14.0. The van der Waals surface area contributed by atoms with E-state index in [1.165, 1.54) is 0 Å². The van der Waals surface area contributed by atoms with Gasteiger partial charge in [-0.2, -0.15) is 8.78 Å². The van der Waals surface area contributed by atoms with Crippen molar-refractivity contribution in [2.75, 3.05) is 31.6 Å². The van der Waals surface area contributed by atoms with E-state index in [9.17, 15) is 18.0 Å². The molecule has 5 nitrogen and oxygen atoms in total. The SMILES string of the molecule is O=C(Nc1cc(F)ccc1OC(F)F)N1CC[C@H]([C@H]2CCOC2)C1. The smallest absolute Gasteiger partial charge is 0.387 e. The second kappa shape index (κ2) is 7.29. The average molecular weight is 344 g/mol. The monoisotopic (exact) mass is 344 g/mol. The van der Waals surface area contributed by atoms with Crippen LogP contribution in [0.2, 0.25) is 0 Å². The zero-order valence-corrected chi connectivity index (χ0v) is 13.0. The summed E-state index contributed by atoms with van der Waals surface area (Å²) in [6.07, 6.45) is 1.88. The Balaban J connectivity index is 1.63. The number of hydrogen-bond acceptors (Lipinski definition) is 3. The van der Waals surface area contributed by atoms with Crippen molar-refractivity contribution in [1.29, 1.82) is 0 Å². The molecular weight excluding hydrogens is 325 g/mol. The van der Waals surface area contributed by atoms with Gasteiger partial charge in [0.25, 0.3) is 0 Å². The van der Waals surface area contributed by atoms with Gasteiger partial charge < -0.3 is 19.7 Å². The van der Waals surface area contributed by atoms with Crippen molar-refractivity contribution in [1.82, 2.24) is 4.90 Å². The topological polar surface area (TPSA) is 50.8 Å². The number of alkyl halides is 2. The number of urea groups is 1. The lowest BCUT2D eigenvalue weighted by Crippen LogP contribution is -2.34. The minimum Gasteiger partial charge on any atom is -0.433 e. The maximum absolute atomic E-state index is 13.4. The predicted molar refractivity (Wildman–Crippen MR) is 80.7 cm³/mol. The first-order valence-electron chi connectivity index (χ1n) is 7.91. The summed E-state index contributed by atoms with van der Waals surface area (Å²) in [7, 11) is 0. The second-order valence-corrected chi connectivity index (χ2v) is 6.07. The molecule has 2 aliphatic heterocycles. The summed E-state index contributed by atoms with van der Waals surface area (Å²) in [5.74, 6) is -0.0775. The molecule has 2 heterocycles. The van der Waals surface area contributed by atoms with Crippen LogP contribution in [0.4, 0.5) is 23.7 Å². The number of amides is 2. The van der Waals surface area contributed by atoms with Gasteiger partial charge in [0.15, 0.2) is 0 Å². The minimum absolute atomic E-state index is 0.104. The van der Waals surface area contributed by atoms with Crippen LogP contribution in [-0.4, -0.2) is 43.8 Å². The standard InChI is InChI=1S/C16H19F3N2O3/c17-12-1-2-14(24-15(18)19)13(7-12)20-16(22)21-5-3-10(8-21)11-4-6-23-9-11/h1-2,7,10-11,15H,3-6,8-9H2,(H,20,22)/t10-,11-/m0/s1. The highest BCUT2D eigenvalue weighted by Gasteiger charge is 2.34. The molecule has 1 aromatic rings. The third-order valence-electron chi connectivity index (χ3n) is 4.54. The van der Waals surface area contributed by atoms with E-state index in [1.807, 2.05) is 0 Å². The predicted octanol–water partition coefficient (Wildman–Crippen LogP) is 3.32. The fourth-order valence-corrected chi connectivity index (χ4v) is 3.27. The number of halogens is 3. The number of anilines is 1. The normalized spacial score (nSPS) is 23.8. The summed E-state index contributed by atoms with van der Waals surface area (Å²) in [6, 6.07) is 2.59. The van der Waals surface area contributed by atoms with Crippen molar-refractivity contribution in [2.45, 2.75) is 19.5 Å². The molecule has 2 atom stereocenters. The lowest BCUT2D eigenvalue weighted by Gasteiger charge is -2.20. The number of hydrogen-bond donors (Lipinski definition) is 1. The van der Waals surface area contributed by atoms with Gasteiger partial charge in [-0.3, -0.25) is 0 Å². The molecule has 0 radical (unpaired) electrons. The summed E-state index contributed by atoms with van der Waals surface area (Å²) in [5.41, 5.74) is -0.104. The number of carbonyl (C=O) groups is 1. The molecule has 0 bridgehead atoms. The van der Waals surface area contributed by atoms with E-state index >= 15 is 0 Å². The van der Waals surface area contributed by atoms with Crippen LogP contribution in [0, 0.1) is 17.7 Å². The van der Waals surface area contributed by atoms with Gasteiger partial charge in [0, 0.05) is 32.4 Å². The molecule has 2 saturated heterocycles. The summed E-state index contributed by atoms with van der Waals surface area (Å²) in [6.45, 7) is -0.417. The summed E-state index contributed by atoms with van der Waals surface area (Å²) < 4.78 is 47.9. The van der Waals surface area contributed by atoms with Crippen LogP contribution in [0.15, 0.2) is 18.2 Å². The molecule has 0 spiro atoms. The molecule has 8 heteroatoms. The zero-order chi connectivity index (χ0) is 17.1. The van der Waals surface area contributed by atoms with E-state index < -0.39 is 18.5 Å². The number of carbonyl (C=O) groups excluding carboxylic acids is 1. The number of rotatable bonds is 4. The van der Waals surface area contributed by atoms with Crippen molar-refractivity contribution in [3.63, 3.8) is 0 Å². The Morgan fingerprint density at radius 3 is 2.88 bits per heavy atom. The Kier molecular flexibility index (Phi) is 5.13. The molecule has 0 aliphatic carbocycles. The first kappa shape index (κ1) is 16.9. The van der Waals surface area contributed by atoms with Crippen LogP contribution in [0.1, 0.15) is 12.8 Å². The molecule has 132 valence electrons. The lowest BCUT2D eigenvalue weighted by molar-refractivity contribution is -0.0494. The van der Waals surface area contributed by atoms with Gasteiger partial charge in [0.1, 0.15) is 11.6 Å². The molecule has 2 fully saturated rings. The van der Waals surface area contributed by atoms with E-state index in [0.29, 0.717) is 24.9 Å². The fourth-order valence-electron chi connectivity index (χ4n) is 3.27. The number of ether oxygens (including phenoxy) is 2. The van der Waals surface area contributed by atoms with Crippen molar-refractivity contribution >= 4 is 11.7 Å². The molecule has 1 N–H and O–H groups in total. The maximum Gasteiger partial charge on any atom is 0.387 e. The van der Waals surface area contributed by atoms with Crippen LogP contribution in [0.5, 0.6) is 5.75 Å². The van der Waals surface area contributed by atoms with Crippen LogP contribution in [0.25, 0.3) is 0 Å². The number of likely N-dealkylation sites (tertiary alicyclic amines) is 1. The molecule has 1 aromatic carbocycles. The number of nitrogens with zero attached hydrogens (tertiary/aromatic N) is 1. The highest BCUT2D eigenvalue weighted by atomic mass is 19.3. The van der Waals surface area contributed by atoms with Crippen LogP contribution in [0.3, 0.4) is 0 Å². The Bertz CT molecular complexity index is 594. The largest absolute Gasteiger partial charge is 0.433 e. The highest BCUT2D eigenvalue weighted by molar-refractivity contribution is 5.91. The van der Waals surface area contributed by atoms with Crippen molar-refractivity contribution in [3.05, 3.63) is 24.0 Å². The summed E-state index contributed by atoms with van der Waals surface area (Å²) >= 11 is 0. The number of nitrogens with one attached hydrogen (secondary N) is 1. The molecular formula is C16H19F3N2O3. The molecule has 3 rings (SSSR count). The molecule has 24 heavy (non-hydrogen) atoms. The van der Waals surface area contributed by atoms with E-state index in [2.05, 4.69) is 10.1 Å². The molecule has 2 amide bonds. The van der Waals surface area contributed by atoms with E-state index in [0.717, 1.165) is 44.3 Å². The quantitative estimate of drug-likeness (QED) is 0.912. The van der Waals surface area contributed by atoms with Gasteiger partial charge in [-0.05, 0) is 36.8 Å². The van der Waals surface area contributed by atoms with Gasteiger partial charge in [-0.1, -0.05) is 0 Å². The molecule has 0 unspecified atom stereocenters. The van der Waals surface area contributed by atoms with Crippen LogP contribution < -0.4 is 10.1 Å². The van der Waals surface area contributed by atoms with E-state index in [1.54, 1.807) is 4.90 Å². The van der Waals surface area contributed by atoms with E-state index in [-0.39, 0.29) is 11.4 Å². The Morgan fingerprint density at radius 1 is 1.33 bits per heavy atom. The molecule has 0 aromatic heterocycles. The Labute approximate surface area is 137 Å². The maximum atomic E-state index is 13.4. The van der Waals surface area contributed by atoms with E-state index in [4.69, 9.17) is 4.74 Å². The highest BCUT2D eigenvalue weighted by Crippen LogP contribution is 2.31. The third-order valence-corrected chi connectivity index (χ3v) is 4.54. The van der Waals surface area contributed by atoms with Crippen LogP contribution in [-0.2, 0) is 4.74 Å². The molecule has 2 aliphatic rings. The third kappa shape index (κ3) is 3.92. The van der Waals surface area contributed by atoms with Gasteiger partial charge in [-0.25, -0.2) is 9.18 Å². The zero-order valence-electron chi connectivity index (χ0n) is 13.0. The number of benzene rings is 1. The first-order chi connectivity index (χ1) is 11.5. The Hall–Kier alpha value is -1.96. The summed E-state index contributed by atoms with van der Waals surface area (Å²) in [5, 5.41) is 2.47. The average Bonchev–Trinajstić information content (AvgIpc) is 3.19.